The molecule has 2 unspecified atom stereocenters. The highest BCUT2D eigenvalue weighted by Gasteiger charge is 2.23. The predicted molar refractivity (Wildman–Crippen MR) is 73.0 cm³/mol. The van der Waals surface area contributed by atoms with Crippen LogP contribution in [0.3, 0.4) is 0 Å². The summed E-state index contributed by atoms with van der Waals surface area (Å²) in [5.74, 6) is 0.596. The quantitative estimate of drug-likeness (QED) is 0.895. The number of hydrogen-bond acceptors (Lipinski definition) is 3. The van der Waals surface area contributed by atoms with Crippen LogP contribution >= 0.6 is 15.9 Å². The molecule has 2 atom stereocenters. The first-order valence-electron chi connectivity index (χ1n) is 5.98. The molecule has 0 radical (unpaired) electrons. The van der Waals surface area contributed by atoms with Crippen LogP contribution in [0.4, 0.5) is 0 Å². The highest BCUT2D eigenvalue weighted by molar-refractivity contribution is 9.10. The zero-order valence-electron chi connectivity index (χ0n) is 10.1. The molecule has 1 heterocycles. The first kappa shape index (κ1) is 13.0. The summed E-state index contributed by atoms with van der Waals surface area (Å²) in [6.45, 7) is 2.53. The molecule has 0 saturated carbocycles. The van der Waals surface area contributed by atoms with Gasteiger partial charge in [0.15, 0.2) is 0 Å². The van der Waals surface area contributed by atoms with Gasteiger partial charge in [0, 0.05) is 17.6 Å². The summed E-state index contributed by atoms with van der Waals surface area (Å²) in [5, 5.41) is 9.70. The molecule has 17 heavy (non-hydrogen) atoms. The lowest BCUT2D eigenvalue weighted by atomic mass is 9.96. The molecule has 3 N–H and O–H groups in total. The molecule has 0 aliphatic carbocycles. The van der Waals surface area contributed by atoms with Gasteiger partial charge in [0.1, 0.15) is 0 Å². The van der Waals surface area contributed by atoms with E-state index in [-0.39, 0.29) is 6.54 Å². The van der Waals surface area contributed by atoms with Crippen molar-refractivity contribution in [3.05, 3.63) is 33.8 Å². The van der Waals surface area contributed by atoms with Gasteiger partial charge in [-0.25, -0.2) is 0 Å². The smallest absolute Gasteiger partial charge is 0.0912 e. The van der Waals surface area contributed by atoms with Crippen molar-refractivity contribution < 1.29 is 5.11 Å². The Morgan fingerprint density at radius 1 is 1.59 bits per heavy atom. The van der Waals surface area contributed by atoms with E-state index in [2.05, 4.69) is 33.9 Å². The highest BCUT2D eigenvalue weighted by Crippen LogP contribution is 2.33. The topological polar surface area (TPSA) is 49.5 Å². The van der Waals surface area contributed by atoms with Crippen molar-refractivity contribution in [3.63, 3.8) is 0 Å². The van der Waals surface area contributed by atoms with Crippen LogP contribution in [0.2, 0.25) is 0 Å². The van der Waals surface area contributed by atoms with Crippen molar-refractivity contribution in [1.82, 2.24) is 4.90 Å². The van der Waals surface area contributed by atoms with E-state index in [9.17, 15) is 5.11 Å². The lowest BCUT2D eigenvalue weighted by molar-refractivity contribution is 0.186. The SMILES string of the molecule is CN1CCC(c2ccc(C(O)CN)cc2Br)C1. The Morgan fingerprint density at radius 3 is 2.88 bits per heavy atom. The number of aliphatic hydroxyl groups is 1. The fourth-order valence-electron chi connectivity index (χ4n) is 2.41. The summed E-state index contributed by atoms with van der Waals surface area (Å²) in [6.07, 6.45) is 0.639. The largest absolute Gasteiger partial charge is 0.387 e. The standard InChI is InChI=1S/C13H19BrN2O/c1-16-5-4-10(8-16)11-3-2-9(6-12(11)14)13(17)7-15/h2-3,6,10,13,17H,4-5,7-8,15H2,1H3. The summed E-state index contributed by atoms with van der Waals surface area (Å²) in [4.78, 5) is 2.35. The molecule has 1 saturated heterocycles. The maximum Gasteiger partial charge on any atom is 0.0912 e. The van der Waals surface area contributed by atoms with Crippen LogP contribution in [0.15, 0.2) is 22.7 Å². The number of rotatable bonds is 3. The minimum absolute atomic E-state index is 0.262. The lowest BCUT2D eigenvalue weighted by Gasteiger charge is -2.15. The van der Waals surface area contributed by atoms with E-state index >= 15 is 0 Å². The molecular formula is C13H19BrN2O. The van der Waals surface area contributed by atoms with Gasteiger partial charge in [-0.15, -0.1) is 0 Å². The van der Waals surface area contributed by atoms with Gasteiger partial charge in [0.2, 0.25) is 0 Å². The van der Waals surface area contributed by atoms with Gasteiger partial charge in [0.05, 0.1) is 6.10 Å². The summed E-state index contributed by atoms with van der Waals surface area (Å²) in [7, 11) is 2.15. The third-order valence-corrected chi connectivity index (χ3v) is 4.15. The summed E-state index contributed by atoms with van der Waals surface area (Å²) >= 11 is 3.60. The minimum atomic E-state index is -0.563. The van der Waals surface area contributed by atoms with E-state index < -0.39 is 6.10 Å². The van der Waals surface area contributed by atoms with Crippen molar-refractivity contribution in [2.75, 3.05) is 26.7 Å². The Hall–Kier alpha value is -0.420. The fourth-order valence-corrected chi connectivity index (χ4v) is 3.13. The Kier molecular flexibility index (Phi) is 4.20. The zero-order chi connectivity index (χ0) is 12.4. The zero-order valence-corrected chi connectivity index (χ0v) is 11.7. The van der Waals surface area contributed by atoms with Crippen LogP contribution in [-0.2, 0) is 0 Å². The Morgan fingerprint density at radius 2 is 2.35 bits per heavy atom. The Balaban J connectivity index is 2.20. The molecule has 0 bridgehead atoms. The normalized spacial score (nSPS) is 22.9. The van der Waals surface area contributed by atoms with Crippen LogP contribution in [0, 0.1) is 0 Å². The van der Waals surface area contributed by atoms with Gasteiger partial charge in [-0.2, -0.15) is 0 Å². The number of benzene rings is 1. The second kappa shape index (κ2) is 5.48. The van der Waals surface area contributed by atoms with E-state index in [0.717, 1.165) is 23.1 Å². The van der Waals surface area contributed by atoms with E-state index in [4.69, 9.17) is 5.73 Å². The molecule has 0 aromatic heterocycles. The van der Waals surface area contributed by atoms with Crippen molar-refractivity contribution in [3.8, 4) is 0 Å². The van der Waals surface area contributed by atoms with Crippen LogP contribution < -0.4 is 5.73 Å². The molecule has 1 aliphatic heterocycles. The van der Waals surface area contributed by atoms with Crippen LogP contribution in [0.1, 0.15) is 29.6 Å². The van der Waals surface area contributed by atoms with Crippen molar-refractivity contribution in [2.45, 2.75) is 18.4 Å². The molecule has 0 amide bonds. The third kappa shape index (κ3) is 2.88. The molecule has 1 aromatic rings. The Labute approximate surface area is 111 Å². The van der Waals surface area contributed by atoms with Gasteiger partial charge < -0.3 is 15.7 Å². The molecular weight excluding hydrogens is 280 g/mol. The van der Waals surface area contributed by atoms with Gasteiger partial charge in [0.25, 0.3) is 0 Å². The number of nitrogens with zero attached hydrogens (tertiary/aromatic N) is 1. The molecule has 1 aliphatic rings. The molecule has 2 rings (SSSR count). The van der Waals surface area contributed by atoms with Gasteiger partial charge in [-0.05, 0) is 43.1 Å². The number of likely N-dealkylation sites (N-methyl/N-ethyl adjacent to an activating group) is 1. The predicted octanol–water partition coefficient (Wildman–Crippen LogP) is 1.86. The minimum Gasteiger partial charge on any atom is -0.387 e. The highest BCUT2D eigenvalue weighted by atomic mass is 79.9. The molecule has 0 spiro atoms. The monoisotopic (exact) mass is 298 g/mol. The first-order chi connectivity index (χ1) is 8.11. The second-order valence-electron chi connectivity index (χ2n) is 4.78. The summed E-state index contributed by atoms with van der Waals surface area (Å²) < 4.78 is 1.09. The number of nitrogens with two attached hydrogens (primary N) is 1. The van der Waals surface area contributed by atoms with E-state index in [1.807, 2.05) is 12.1 Å². The van der Waals surface area contributed by atoms with E-state index in [1.165, 1.54) is 12.0 Å². The maximum absolute atomic E-state index is 9.70. The van der Waals surface area contributed by atoms with Gasteiger partial charge in [-0.1, -0.05) is 28.1 Å². The van der Waals surface area contributed by atoms with E-state index in [1.54, 1.807) is 0 Å². The van der Waals surface area contributed by atoms with Crippen molar-refractivity contribution in [2.24, 2.45) is 5.73 Å². The molecule has 1 aromatic carbocycles. The van der Waals surface area contributed by atoms with Crippen LogP contribution in [0.5, 0.6) is 0 Å². The molecule has 4 heteroatoms. The van der Waals surface area contributed by atoms with E-state index in [0.29, 0.717) is 5.92 Å². The first-order valence-corrected chi connectivity index (χ1v) is 6.77. The van der Waals surface area contributed by atoms with Crippen molar-refractivity contribution in [1.29, 1.82) is 0 Å². The average Bonchev–Trinajstić information content (AvgIpc) is 2.74. The van der Waals surface area contributed by atoms with Gasteiger partial charge >= 0.3 is 0 Å². The molecule has 3 nitrogen and oxygen atoms in total. The number of likely N-dealkylation sites (tertiary alicyclic amines) is 1. The van der Waals surface area contributed by atoms with Gasteiger partial charge in [-0.3, -0.25) is 0 Å². The van der Waals surface area contributed by atoms with Crippen molar-refractivity contribution >= 4 is 15.9 Å². The molecule has 94 valence electrons. The lowest BCUT2D eigenvalue weighted by Crippen LogP contribution is -2.14. The fraction of sp³-hybridized carbons (Fsp3) is 0.538. The van der Waals surface area contributed by atoms with Crippen LogP contribution in [-0.4, -0.2) is 36.7 Å². The third-order valence-electron chi connectivity index (χ3n) is 3.46. The number of hydrogen-bond donors (Lipinski definition) is 2. The summed E-state index contributed by atoms with van der Waals surface area (Å²) in [5.41, 5.74) is 7.68. The average molecular weight is 299 g/mol. The Bertz CT molecular complexity index is 397. The number of halogens is 1. The summed E-state index contributed by atoms with van der Waals surface area (Å²) in [6, 6.07) is 6.09. The second-order valence-corrected chi connectivity index (χ2v) is 5.63. The van der Waals surface area contributed by atoms with Crippen LogP contribution in [0.25, 0.3) is 0 Å². The molecule has 1 fully saturated rings. The number of aliphatic hydroxyl groups excluding tert-OH is 1. The maximum atomic E-state index is 9.70.